The molecule has 0 aliphatic heterocycles. The number of hydrogen-bond donors (Lipinski definition) is 0. The summed E-state index contributed by atoms with van der Waals surface area (Å²) < 4.78 is 5.15. The van der Waals surface area contributed by atoms with Gasteiger partial charge in [0.1, 0.15) is 22.3 Å². The number of aromatic nitrogens is 4. The third-order valence-electron chi connectivity index (χ3n) is 2.33. The summed E-state index contributed by atoms with van der Waals surface area (Å²) in [6.45, 7) is 6.19. The van der Waals surface area contributed by atoms with Crippen molar-refractivity contribution in [3.63, 3.8) is 0 Å². The Morgan fingerprint density at radius 3 is 2.78 bits per heavy atom. The standard InChI is InChI=1S/C11H13ClN4S2/c1-4-7-15-11(18-16-7)17-10-8(6(2)3)9(12)13-5-14-10/h5-6H,4H2,1-3H3. The van der Waals surface area contributed by atoms with Crippen LogP contribution in [0.25, 0.3) is 0 Å². The number of aryl methyl sites for hydroxylation is 1. The van der Waals surface area contributed by atoms with Gasteiger partial charge in [-0.2, -0.15) is 4.37 Å². The number of rotatable bonds is 4. The van der Waals surface area contributed by atoms with Crippen molar-refractivity contribution in [2.45, 2.75) is 42.5 Å². The molecule has 0 amide bonds. The topological polar surface area (TPSA) is 51.6 Å². The highest BCUT2D eigenvalue weighted by Gasteiger charge is 2.16. The Kier molecular flexibility index (Phi) is 4.53. The van der Waals surface area contributed by atoms with Crippen molar-refractivity contribution in [1.29, 1.82) is 0 Å². The smallest absolute Gasteiger partial charge is 0.176 e. The van der Waals surface area contributed by atoms with Crippen LogP contribution in [0.15, 0.2) is 15.7 Å². The molecule has 0 atom stereocenters. The summed E-state index contributed by atoms with van der Waals surface area (Å²) in [5.41, 5.74) is 0.970. The van der Waals surface area contributed by atoms with E-state index in [9.17, 15) is 0 Å². The lowest BCUT2D eigenvalue weighted by molar-refractivity contribution is 0.802. The van der Waals surface area contributed by atoms with Gasteiger partial charge in [-0.3, -0.25) is 0 Å². The average Bonchev–Trinajstić information content (AvgIpc) is 2.76. The number of nitrogens with zero attached hydrogens (tertiary/aromatic N) is 4. The first-order chi connectivity index (χ1) is 8.61. The van der Waals surface area contributed by atoms with E-state index in [0.717, 1.165) is 27.2 Å². The Labute approximate surface area is 119 Å². The first-order valence-electron chi connectivity index (χ1n) is 5.62. The Balaban J connectivity index is 2.31. The first kappa shape index (κ1) is 13.7. The van der Waals surface area contributed by atoms with Crippen molar-refractivity contribution in [2.24, 2.45) is 0 Å². The Morgan fingerprint density at radius 1 is 1.39 bits per heavy atom. The minimum absolute atomic E-state index is 0.278. The predicted octanol–water partition coefficient (Wildman–Crippen LogP) is 3.82. The molecular weight excluding hydrogens is 288 g/mol. The SMILES string of the molecule is CCc1nsc(Sc2ncnc(Cl)c2C(C)C)n1. The van der Waals surface area contributed by atoms with Crippen molar-refractivity contribution in [3.05, 3.63) is 22.9 Å². The highest BCUT2D eigenvalue weighted by molar-refractivity contribution is 8.00. The van der Waals surface area contributed by atoms with Gasteiger partial charge in [0.25, 0.3) is 0 Å². The maximum absolute atomic E-state index is 6.13. The highest BCUT2D eigenvalue weighted by atomic mass is 35.5. The van der Waals surface area contributed by atoms with Gasteiger partial charge < -0.3 is 0 Å². The molecule has 18 heavy (non-hydrogen) atoms. The van der Waals surface area contributed by atoms with Crippen LogP contribution >= 0.6 is 34.9 Å². The first-order valence-corrected chi connectivity index (χ1v) is 7.59. The minimum Gasteiger partial charge on any atom is -0.229 e. The van der Waals surface area contributed by atoms with Gasteiger partial charge in [0.15, 0.2) is 4.34 Å². The van der Waals surface area contributed by atoms with E-state index < -0.39 is 0 Å². The molecule has 7 heteroatoms. The third-order valence-corrected chi connectivity index (χ3v) is 4.43. The van der Waals surface area contributed by atoms with E-state index in [0.29, 0.717) is 5.15 Å². The summed E-state index contributed by atoms with van der Waals surface area (Å²) in [5.74, 6) is 1.15. The van der Waals surface area contributed by atoms with E-state index in [1.807, 2.05) is 6.92 Å². The molecule has 0 fully saturated rings. The monoisotopic (exact) mass is 300 g/mol. The highest BCUT2D eigenvalue weighted by Crippen LogP contribution is 2.35. The van der Waals surface area contributed by atoms with Crippen molar-refractivity contribution in [2.75, 3.05) is 0 Å². The molecule has 0 saturated carbocycles. The minimum atomic E-state index is 0.278. The van der Waals surface area contributed by atoms with E-state index in [1.54, 1.807) is 0 Å². The van der Waals surface area contributed by atoms with Crippen molar-refractivity contribution in [3.8, 4) is 0 Å². The lowest BCUT2D eigenvalue weighted by atomic mass is 10.1. The van der Waals surface area contributed by atoms with Crippen LogP contribution in [-0.2, 0) is 6.42 Å². The van der Waals surface area contributed by atoms with Gasteiger partial charge in [-0.05, 0) is 29.2 Å². The van der Waals surface area contributed by atoms with E-state index in [1.165, 1.54) is 29.6 Å². The van der Waals surface area contributed by atoms with Gasteiger partial charge in [0.05, 0.1) is 0 Å². The van der Waals surface area contributed by atoms with E-state index in [-0.39, 0.29) is 5.92 Å². The van der Waals surface area contributed by atoms with Gasteiger partial charge in [-0.1, -0.05) is 32.4 Å². The van der Waals surface area contributed by atoms with Gasteiger partial charge in [0, 0.05) is 12.0 Å². The molecule has 2 aromatic heterocycles. The number of hydrogen-bond acceptors (Lipinski definition) is 6. The molecule has 0 unspecified atom stereocenters. The maximum Gasteiger partial charge on any atom is 0.176 e. The Hall–Kier alpha value is -0.720. The van der Waals surface area contributed by atoms with Crippen LogP contribution in [0.4, 0.5) is 0 Å². The van der Waals surface area contributed by atoms with Crippen LogP contribution in [0.1, 0.15) is 38.1 Å². The fourth-order valence-electron chi connectivity index (χ4n) is 1.43. The van der Waals surface area contributed by atoms with Gasteiger partial charge in [0.2, 0.25) is 0 Å². The Bertz CT molecular complexity index is 542. The molecule has 2 rings (SSSR count). The maximum atomic E-state index is 6.13. The van der Waals surface area contributed by atoms with E-state index in [2.05, 4.69) is 33.2 Å². The zero-order valence-electron chi connectivity index (χ0n) is 10.3. The summed E-state index contributed by atoms with van der Waals surface area (Å²) >= 11 is 9.02. The van der Waals surface area contributed by atoms with Crippen LogP contribution in [0.3, 0.4) is 0 Å². The zero-order chi connectivity index (χ0) is 13.1. The summed E-state index contributed by atoms with van der Waals surface area (Å²) in [5, 5.41) is 1.38. The van der Waals surface area contributed by atoms with Crippen LogP contribution in [0.5, 0.6) is 0 Å². The second kappa shape index (κ2) is 5.95. The molecule has 2 heterocycles. The molecule has 4 nitrogen and oxygen atoms in total. The molecular formula is C11H13ClN4S2. The lowest BCUT2D eigenvalue weighted by Crippen LogP contribution is -1.97. The van der Waals surface area contributed by atoms with Crippen LogP contribution in [-0.4, -0.2) is 19.3 Å². The number of halogens is 1. The van der Waals surface area contributed by atoms with Crippen molar-refractivity contribution in [1.82, 2.24) is 19.3 Å². The van der Waals surface area contributed by atoms with E-state index in [4.69, 9.17) is 11.6 Å². The molecule has 0 spiro atoms. The molecule has 96 valence electrons. The summed E-state index contributed by atoms with van der Waals surface area (Å²) in [6.07, 6.45) is 2.33. The van der Waals surface area contributed by atoms with Gasteiger partial charge >= 0.3 is 0 Å². The summed E-state index contributed by atoms with van der Waals surface area (Å²) in [6, 6.07) is 0. The third kappa shape index (κ3) is 2.99. The molecule has 0 aliphatic rings. The van der Waals surface area contributed by atoms with Crippen LogP contribution in [0.2, 0.25) is 5.15 Å². The molecule has 0 bridgehead atoms. The predicted molar refractivity (Wildman–Crippen MR) is 74.5 cm³/mol. The molecule has 0 N–H and O–H groups in total. The van der Waals surface area contributed by atoms with Crippen molar-refractivity contribution >= 4 is 34.9 Å². The van der Waals surface area contributed by atoms with Crippen LogP contribution < -0.4 is 0 Å². The average molecular weight is 301 g/mol. The summed E-state index contributed by atoms with van der Waals surface area (Å²) in [4.78, 5) is 12.8. The molecule has 0 saturated heterocycles. The summed E-state index contributed by atoms with van der Waals surface area (Å²) in [7, 11) is 0. The van der Waals surface area contributed by atoms with Crippen molar-refractivity contribution < 1.29 is 0 Å². The second-order valence-corrected chi connectivity index (χ2v) is 6.32. The second-order valence-electron chi connectivity index (χ2n) is 3.97. The zero-order valence-corrected chi connectivity index (χ0v) is 12.7. The normalized spacial score (nSPS) is 11.2. The van der Waals surface area contributed by atoms with Gasteiger partial charge in [-0.25, -0.2) is 15.0 Å². The van der Waals surface area contributed by atoms with E-state index >= 15 is 0 Å². The molecule has 0 aromatic carbocycles. The molecule has 2 aromatic rings. The lowest BCUT2D eigenvalue weighted by Gasteiger charge is -2.10. The molecule has 0 radical (unpaired) electrons. The van der Waals surface area contributed by atoms with Gasteiger partial charge in [-0.15, -0.1) is 0 Å². The van der Waals surface area contributed by atoms with Crippen LogP contribution in [0, 0.1) is 0 Å². The Morgan fingerprint density at radius 2 is 2.17 bits per heavy atom. The fraction of sp³-hybridized carbons (Fsp3) is 0.455. The largest absolute Gasteiger partial charge is 0.229 e. The molecule has 0 aliphatic carbocycles. The fourth-order valence-corrected chi connectivity index (χ4v) is 3.69. The quantitative estimate of drug-likeness (QED) is 0.803.